The number of benzene rings is 3. The van der Waals surface area contributed by atoms with Crippen LogP contribution in [-0.4, -0.2) is 24.5 Å². The molecule has 0 spiro atoms. The molecule has 0 aliphatic carbocycles. The summed E-state index contributed by atoms with van der Waals surface area (Å²) >= 11 is 0. The van der Waals surface area contributed by atoms with E-state index in [0.29, 0.717) is 23.6 Å². The average molecular weight is 386 g/mol. The lowest BCUT2D eigenvalue weighted by molar-refractivity contribution is -0.122. The molecule has 6 nitrogen and oxygen atoms in total. The van der Waals surface area contributed by atoms with Gasteiger partial charge < -0.3 is 4.74 Å². The third kappa shape index (κ3) is 3.36. The number of hydrogen-bond acceptors (Lipinski definition) is 4. The van der Waals surface area contributed by atoms with Crippen molar-refractivity contribution < 1.29 is 19.1 Å². The first-order valence-electron chi connectivity index (χ1n) is 9.21. The number of para-hydroxylation sites is 1. The Hall–Kier alpha value is -3.93. The Morgan fingerprint density at radius 1 is 0.931 bits per heavy atom. The Balaban J connectivity index is 1.87. The Kier molecular flexibility index (Phi) is 4.83. The summed E-state index contributed by atoms with van der Waals surface area (Å²) in [6.07, 6.45) is 1.49. The van der Waals surface area contributed by atoms with Crippen LogP contribution in [0.15, 0.2) is 72.3 Å². The van der Waals surface area contributed by atoms with Crippen molar-refractivity contribution in [1.29, 1.82) is 0 Å². The fourth-order valence-corrected chi connectivity index (χ4v) is 3.32. The number of anilines is 1. The van der Waals surface area contributed by atoms with E-state index in [1.54, 1.807) is 30.3 Å². The van der Waals surface area contributed by atoms with Gasteiger partial charge in [-0.2, -0.15) is 0 Å². The highest BCUT2D eigenvalue weighted by atomic mass is 16.5. The van der Waals surface area contributed by atoms with Crippen molar-refractivity contribution in [2.24, 2.45) is 0 Å². The maximum Gasteiger partial charge on any atom is 0.335 e. The lowest BCUT2D eigenvalue weighted by Gasteiger charge is -2.26. The van der Waals surface area contributed by atoms with Crippen LogP contribution >= 0.6 is 0 Å². The number of hydrogen-bond donors (Lipinski definition) is 1. The molecule has 3 aromatic rings. The summed E-state index contributed by atoms with van der Waals surface area (Å²) in [5, 5.41) is 4.04. The van der Waals surface area contributed by atoms with Gasteiger partial charge in [-0.3, -0.25) is 14.9 Å². The van der Waals surface area contributed by atoms with Crippen LogP contribution in [0.4, 0.5) is 10.5 Å². The highest BCUT2D eigenvalue weighted by Gasteiger charge is 2.37. The van der Waals surface area contributed by atoms with Crippen LogP contribution in [0.25, 0.3) is 16.8 Å². The Morgan fingerprint density at radius 2 is 1.66 bits per heavy atom. The third-order valence-corrected chi connectivity index (χ3v) is 4.64. The number of barbiturate groups is 1. The maximum absolute atomic E-state index is 13.1. The maximum atomic E-state index is 13.1. The van der Waals surface area contributed by atoms with Gasteiger partial charge in [0.25, 0.3) is 11.8 Å². The van der Waals surface area contributed by atoms with Crippen molar-refractivity contribution in [2.75, 3.05) is 11.5 Å². The molecule has 1 aliphatic heterocycles. The first-order valence-corrected chi connectivity index (χ1v) is 9.21. The summed E-state index contributed by atoms with van der Waals surface area (Å²) in [7, 11) is 0. The molecule has 1 heterocycles. The van der Waals surface area contributed by atoms with Gasteiger partial charge in [-0.15, -0.1) is 0 Å². The molecule has 1 aliphatic rings. The molecule has 0 unspecified atom stereocenters. The van der Waals surface area contributed by atoms with E-state index in [4.69, 9.17) is 4.74 Å². The molecule has 29 heavy (non-hydrogen) atoms. The second-order valence-electron chi connectivity index (χ2n) is 6.42. The predicted molar refractivity (Wildman–Crippen MR) is 111 cm³/mol. The van der Waals surface area contributed by atoms with Crippen LogP contribution in [-0.2, 0) is 9.59 Å². The van der Waals surface area contributed by atoms with Gasteiger partial charge in [-0.25, -0.2) is 9.69 Å². The van der Waals surface area contributed by atoms with Crippen LogP contribution in [0.1, 0.15) is 12.5 Å². The molecule has 6 heteroatoms. The first-order chi connectivity index (χ1) is 14.1. The lowest BCUT2D eigenvalue weighted by Crippen LogP contribution is -2.54. The second kappa shape index (κ2) is 7.59. The van der Waals surface area contributed by atoms with Crippen molar-refractivity contribution in [3.05, 3.63) is 77.9 Å². The molecular weight excluding hydrogens is 368 g/mol. The van der Waals surface area contributed by atoms with Gasteiger partial charge in [0.05, 0.1) is 12.3 Å². The molecule has 4 amide bonds. The fourth-order valence-electron chi connectivity index (χ4n) is 3.32. The number of urea groups is 1. The molecule has 0 aromatic heterocycles. The van der Waals surface area contributed by atoms with Crippen LogP contribution in [0.3, 0.4) is 0 Å². The van der Waals surface area contributed by atoms with E-state index in [2.05, 4.69) is 5.32 Å². The largest absolute Gasteiger partial charge is 0.493 e. The molecule has 0 saturated carbocycles. The standard InChI is InChI=1S/C23H18N2O4/c1-2-29-20-13-12-15-8-6-7-11-17(15)18(20)14-19-21(26)24-23(28)25(22(19)27)16-9-4-3-5-10-16/h3-14H,2H2,1H3,(H,24,26,28)/b19-14-. The first kappa shape index (κ1) is 18.4. The summed E-state index contributed by atoms with van der Waals surface area (Å²) in [4.78, 5) is 38.9. The number of rotatable bonds is 4. The van der Waals surface area contributed by atoms with Crippen molar-refractivity contribution >= 4 is 40.4 Å². The second-order valence-corrected chi connectivity index (χ2v) is 6.42. The van der Waals surface area contributed by atoms with E-state index >= 15 is 0 Å². The molecule has 1 N–H and O–H groups in total. The normalized spacial score (nSPS) is 15.7. The van der Waals surface area contributed by atoms with E-state index in [0.717, 1.165) is 15.7 Å². The minimum Gasteiger partial charge on any atom is -0.493 e. The summed E-state index contributed by atoms with van der Waals surface area (Å²) in [6, 6.07) is 19.1. The van der Waals surface area contributed by atoms with Crippen molar-refractivity contribution in [3.63, 3.8) is 0 Å². The molecule has 0 atom stereocenters. The Bertz CT molecular complexity index is 1150. The number of carbonyl (C=O) groups is 3. The molecule has 3 aromatic carbocycles. The van der Waals surface area contributed by atoms with Gasteiger partial charge in [0.2, 0.25) is 0 Å². The predicted octanol–water partition coefficient (Wildman–Crippen LogP) is 3.90. The smallest absolute Gasteiger partial charge is 0.335 e. The van der Waals surface area contributed by atoms with Gasteiger partial charge in [0, 0.05) is 5.56 Å². The molecule has 0 radical (unpaired) electrons. The SMILES string of the molecule is CCOc1ccc2ccccc2c1/C=C1/C(=O)NC(=O)N(c2ccccc2)C1=O. The monoisotopic (exact) mass is 386 g/mol. The van der Waals surface area contributed by atoms with Crippen LogP contribution in [0.2, 0.25) is 0 Å². The number of amides is 4. The van der Waals surface area contributed by atoms with Crippen LogP contribution in [0, 0.1) is 0 Å². The van der Waals surface area contributed by atoms with Crippen LogP contribution < -0.4 is 15.0 Å². The van der Waals surface area contributed by atoms with Crippen LogP contribution in [0.5, 0.6) is 5.75 Å². The molecular formula is C23H18N2O4. The zero-order valence-corrected chi connectivity index (χ0v) is 15.7. The summed E-state index contributed by atoms with van der Waals surface area (Å²) in [6.45, 7) is 2.30. The van der Waals surface area contributed by atoms with E-state index in [1.165, 1.54) is 6.08 Å². The summed E-state index contributed by atoms with van der Waals surface area (Å²) in [5.41, 5.74) is 0.868. The Labute approximate surface area is 167 Å². The summed E-state index contributed by atoms with van der Waals surface area (Å²) in [5.74, 6) is -0.856. The third-order valence-electron chi connectivity index (χ3n) is 4.64. The number of fused-ring (bicyclic) bond motifs is 1. The molecule has 4 rings (SSSR count). The number of carbonyl (C=O) groups excluding carboxylic acids is 3. The van der Waals surface area contributed by atoms with E-state index in [1.807, 2.05) is 43.3 Å². The zero-order valence-electron chi connectivity index (χ0n) is 15.7. The topological polar surface area (TPSA) is 75.7 Å². The molecule has 0 bridgehead atoms. The number of nitrogens with zero attached hydrogens (tertiary/aromatic N) is 1. The number of nitrogens with one attached hydrogen (secondary N) is 1. The fraction of sp³-hybridized carbons (Fsp3) is 0.0870. The molecule has 1 fully saturated rings. The molecule has 1 saturated heterocycles. The van der Waals surface area contributed by atoms with Gasteiger partial charge in [-0.05, 0) is 42.0 Å². The molecule has 144 valence electrons. The Morgan fingerprint density at radius 3 is 2.41 bits per heavy atom. The van der Waals surface area contributed by atoms with E-state index in [9.17, 15) is 14.4 Å². The van der Waals surface area contributed by atoms with Crippen molar-refractivity contribution in [2.45, 2.75) is 6.92 Å². The van der Waals surface area contributed by atoms with E-state index in [-0.39, 0.29) is 5.57 Å². The zero-order chi connectivity index (χ0) is 20.4. The van der Waals surface area contributed by atoms with Gasteiger partial charge in [0.15, 0.2) is 0 Å². The lowest BCUT2D eigenvalue weighted by atomic mass is 9.99. The minimum absolute atomic E-state index is 0.134. The quantitative estimate of drug-likeness (QED) is 0.545. The van der Waals surface area contributed by atoms with E-state index < -0.39 is 17.8 Å². The highest BCUT2D eigenvalue weighted by Crippen LogP contribution is 2.31. The van der Waals surface area contributed by atoms with Gasteiger partial charge in [0.1, 0.15) is 11.3 Å². The van der Waals surface area contributed by atoms with Gasteiger partial charge in [-0.1, -0.05) is 48.5 Å². The van der Waals surface area contributed by atoms with Crippen molar-refractivity contribution in [3.8, 4) is 5.75 Å². The average Bonchev–Trinajstić information content (AvgIpc) is 2.73. The number of imide groups is 2. The minimum atomic E-state index is -0.772. The van der Waals surface area contributed by atoms with Gasteiger partial charge >= 0.3 is 6.03 Å². The van der Waals surface area contributed by atoms with Crippen molar-refractivity contribution in [1.82, 2.24) is 5.32 Å². The highest BCUT2D eigenvalue weighted by molar-refractivity contribution is 6.39. The summed E-state index contributed by atoms with van der Waals surface area (Å²) < 4.78 is 5.72. The number of ether oxygens (including phenoxy) is 1.